The first kappa shape index (κ1) is 16.5. The van der Waals surface area contributed by atoms with Gasteiger partial charge in [-0.15, -0.1) is 0 Å². The first-order valence-electron chi connectivity index (χ1n) is 7.03. The minimum atomic E-state index is 0.151. The van der Waals surface area contributed by atoms with Gasteiger partial charge in [0.2, 0.25) is 0 Å². The summed E-state index contributed by atoms with van der Waals surface area (Å²) in [6.45, 7) is 11.1. The molecule has 0 fully saturated rings. The third-order valence-corrected chi connectivity index (χ3v) is 3.87. The van der Waals surface area contributed by atoms with Crippen LogP contribution in [0, 0.1) is 18.3 Å². The number of aryl methyl sites for hydroxylation is 2. The van der Waals surface area contributed by atoms with Crippen molar-refractivity contribution in [1.82, 2.24) is 9.78 Å². The molecule has 0 aromatic carbocycles. The van der Waals surface area contributed by atoms with E-state index >= 15 is 0 Å². The number of nitrogens with zero attached hydrogens (tertiary/aromatic N) is 2. The third-order valence-electron chi connectivity index (χ3n) is 3.40. The van der Waals surface area contributed by atoms with Crippen LogP contribution in [0.4, 0.5) is 0 Å². The van der Waals surface area contributed by atoms with E-state index in [4.69, 9.17) is 17.3 Å². The summed E-state index contributed by atoms with van der Waals surface area (Å²) in [5.41, 5.74) is 8.73. The number of hydrogen-bond donors (Lipinski definition) is 1. The van der Waals surface area contributed by atoms with Crippen molar-refractivity contribution in [1.29, 1.82) is 0 Å². The quantitative estimate of drug-likeness (QED) is 0.896. The molecule has 0 aliphatic heterocycles. The van der Waals surface area contributed by atoms with Crippen LogP contribution in [0.3, 0.4) is 0 Å². The summed E-state index contributed by atoms with van der Waals surface area (Å²) in [5.74, 6) is 0.630. The van der Waals surface area contributed by atoms with Crippen LogP contribution >= 0.6 is 11.6 Å². The van der Waals surface area contributed by atoms with Crippen LogP contribution < -0.4 is 5.73 Å². The van der Waals surface area contributed by atoms with Crippen molar-refractivity contribution in [2.45, 2.75) is 59.9 Å². The highest BCUT2D eigenvalue weighted by Gasteiger charge is 2.20. The number of hydrogen-bond acceptors (Lipinski definition) is 2. The van der Waals surface area contributed by atoms with Gasteiger partial charge in [-0.2, -0.15) is 5.10 Å². The summed E-state index contributed by atoms with van der Waals surface area (Å²) in [4.78, 5) is 0. The zero-order valence-electron chi connectivity index (χ0n) is 13.1. The molecule has 4 heteroatoms. The van der Waals surface area contributed by atoms with Crippen LogP contribution in [0.1, 0.15) is 51.8 Å². The SMILES string of the molecule is Cc1nn(C)c(Cl)c1CC(N)CC(C)CC(C)(C)C. The van der Waals surface area contributed by atoms with Crippen molar-refractivity contribution in [3.63, 3.8) is 0 Å². The molecule has 3 nitrogen and oxygen atoms in total. The van der Waals surface area contributed by atoms with E-state index in [1.165, 1.54) is 6.42 Å². The number of aromatic nitrogens is 2. The van der Waals surface area contributed by atoms with E-state index in [-0.39, 0.29) is 6.04 Å². The van der Waals surface area contributed by atoms with Crippen molar-refractivity contribution in [2.24, 2.45) is 24.1 Å². The van der Waals surface area contributed by atoms with Gasteiger partial charge in [0.15, 0.2) is 0 Å². The molecule has 0 saturated heterocycles. The van der Waals surface area contributed by atoms with Crippen LogP contribution in [0.25, 0.3) is 0 Å². The first-order chi connectivity index (χ1) is 8.60. The Bertz CT molecular complexity index is 418. The molecule has 110 valence electrons. The second-order valence-corrected chi connectivity index (χ2v) is 7.41. The highest BCUT2D eigenvalue weighted by atomic mass is 35.5. The van der Waals surface area contributed by atoms with E-state index in [0.717, 1.165) is 29.3 Å². The lowest BCUT2D eigenvalue weighted by molar-refractivity contribution is 0.285. The number of halogens is 1. The molecule has 0 aliphatic rings. The highest BCUT2D eigenvalue weighted by Crippen LogP contribution is 2.28. The lowest BCUT2D eigenvalue weighted by atomic mass is 9.82. The van der Waals surface area contributed by atoms with Crippen LogP contribution in [-0.2, 0) is 13.5 Å². The molecule has 2 unspecified atom stereocenters. The van der Waals surface area contributed by atoms with E-state index in [1.54, 1.807) is 4.68 Å². The Morgan fingerprint density at radius 1 is 1.37 bits per heavy atom. The Balaban J connectivity index is 2.58. The second kappa shape index (κ2) is 6.27. The molecule has 0 aliphatic carbocycles. The van der Waals surface area contributed by atoms with Crippen molar-refractivity contribution in [3.05, 3.63) is 16.4 Å². The summed E-state index contributed by atoms with van der Waals surface area (Å²) in [5, 5.41) is 5.05. The monoisotopic (exact) mass is 285 g/mol. The maximum Gasteiger partial charge on any atom is 0.130 e. The van der Waals surface area contributed by atoms with Crippen LogP contribution in [0.2, 0.25) is 5.15 Å². The molecule has 0 amide bonds. The largest absolute Gasteiger partial charge is 0.327 e. The molecule has 0 radical (unpaired) electrons. The fourth-order valence-corrected chi connectivity index (χ4v) is 3.15. The second-order valence-electron chi connectivity index (χ2n) is 7.05. The van der Waals surface area contributed by atoms with Gasteiger partial charge in [0.05, 0.1) is 5.69 Å². The molecule has 1 aromatic rings. The van der Waals surface area contributed by atoms with E-state index in [9.17, 15) is 0 Å². The summed E-state index contributed by atoms with van der Waals surface area (Å²) >= 11 is 6.25. The minimum absolute atomic E-state index is 0.151. The third kappa shape index (κ3) is 5.15. The predicted molar refractivity (Wildman–Crippen MR) is 82.5 cm³/mol. The van der Waals surface area contributed by atoms with Gasteiger partial charge in [-0.25, -0.2) is 0 Å². The molecular weight excluding hydrogens is 258 g/mol. The van der Waals surface area contributed by atoms with E-state index in [0.29, 0.717) is 11.3 Å². The van der Waals surface area contributed by atoms with E-state index < -0.39 is 0 Å². The molecule has 1 heterocycles. The molecular formula is C15H28ClN3. The van der Waals surface area contributed by atoms with Gasteiger partial charge < -0.3 is 5.73 Å². The minimum Gasteiger partial charge on any atom is -0.327 e. The standard InChI is InChI=1S/C15H28ClN3/c1-10(9-15(3,4)5)7-12(17)8-13-11(2)18-19(6)14(13)16/h10,12H,7-9,17H2,1-6H3. The average molecular weight is 286 g/mol. The first-order valence-corrected chi connectivity index (χ1v) is 7.41. The Hall–Kier alpha value is -0.540. The Morgan fingerprint density at radius 3 is 2.37 bits per heavy atom. The van der Waals surface area contributed by atoms with Crippen LogP contribution in [0.5, 0.6) is 0 Å². The van der Waals surface area contributed by atoms with Gasteiger partial charge in [-0.1, -0.05) is 39.3 Å². The van der Waals surface area contributed by atoms with Gasteiger partial charge in [0, 0.05) is 18.7 Å². The summed E-state index contributed by atoms with van der Waals surface area (Å²) in [6, 6.07) is 0.151. The van der Waals surface area contributed by atoms with Crippen LogP contribution in [-0.4, -0.2) is 15.8 Å². The van der Waals surface area contributed by atoms with Crippen molar-refractivity contribution in [2.75, 3.05) is 0 Å². The zero-order chi connectivity index (χ0) is 14.8. The topological polar surface area (TPSA) is 43.8 Å². The van der Waals surface area contributed by atoms with Crippen LogP contribution in [0.15, 0.2) is 0 Å². The van der Waals surface area contributed by atoms with E-state index in [1.807, 2.05) is 14.0 Å². The average Bonchev–Trinajstić information content (AvgIpc) is 2.42. The Labute approximate surface area is 122 Å². The number of nitrogens with two attached hydrogens (primary N) is 1. The van der Waals surface area contributed by atoms with Gasteiger partial charge in [0.1, 0.15) is 5.15 Å². The van der Waals surface area contributed by atoms with Gasteiger partial charge in [-0.05, 0) is 37.5 Å². The fraction of sp³-hybridized carbons (Fsp3) is 0.800. The van der Waals surface area contributed by atoms with Crippen molar-refractivity contribution < 1.29 is 0 Å². The normalized spacial score (nSPS) is 15.6. The Morgan fingerprint density at radius 2 is 1.95 bits per heavy atom. The van der Waals surface area contributed by atoms with E-state index in [2.05, 4.69) is 32.8 Å². The van der Waals surface area contributed by atoms with Gasteiger partial charge in [0.25, 0.3) is 0 Å². The molecule has 19 heavy (non-hydrogen) atoms. The summed E-state index contributed by atoms with van der Waals surface area (Å²) in [6.07, 6.45) is 3.04. The molecule has 2 N–H and O–H groups in total. The molecule has 0 spiro atoms. The predicted octanol–water partition coefficient (Wildman–Crippen LogP) is 3.71. The summed E-state index contributed by atoms with van der Waals surface area (Å²) in [7, 11) is 1.87. The highest BCUT2D eigenvalue weighted by molar-refractivity contribution is 6.30. The molecule has 0 saturated carbocycles. The van der Waals surface area contributed by atoms with Crippen molar-refractivity contribution >= 4 is 11.6 Å². The Kier molecular flexibility index (Phi) is 5.45. The maximum atomic E-state index is 6.28. The molecule has 1 aromatic heterocycles. The molecule has 1 rings (SSSR count). The maximum absolute atomic E-state index is 6.28. The molecule has 2 atom stereocenters. The lowest BCUT2D eigenvalue weighted by Crippen LogP contribution is -2.27. The lowest BCUT2D eigenvalue weighted by Gasteiger charge is -2.25. The number of rotatable bonds is 5. The van der Waals surface area contributed by atoms with Gasteiger partial charge in [-0.3, -0.25) is 4.68 Å². The zero-order valence-corrected chi connectivity index (χ0v) is 13.9. The smallest absolute Gasteiger partial charge is 0.130 e. The fourth-order valence-electron chi connectivity index (χ4n) is 2.90. The molecule has 0 bridgehead atoms. The van der Waals surface area contributed by atoms with Gasteiger partial charge >= 0.3 is 0 Å². The van der Waals surface area contributed by atoms with Crippen molar-refractivity contribution in [3.8, 4) is 0 Å². The summed E-state index contributed by atoms with van der Waals surface area (Å²) < 4.78 is 1.72.